The van der Waals surface area contributed by atoms with E-state index in [1.165, 1.54) is 33.4 Å². The molecule has 0 fully saturated rings. The Kier molecular flexibility index (Phi) is 11.7. The molecule has 0 heterocycles. The Morgan fingerprint density at radius 1 is 0.600 bits per heavy atom. The maximum atomic E-state index is 6.54. The molecule has 0 saturated heterocycles. The molecule has 0 radical (unpaired) electrons. The van der Waals surface area contributed by atoms with E-state index in [9.17, 15) is 0 Å². The summed E-state index contributed by atoms with van der Waals surface area (Å²) in [5, 5.41) is 2.02. The Balaban J connectivity index is 2.59. The summed E-state index contributed by atoms with van der Waals surface area (Å²) in [6.45, 7) is 19.5. The van der Waals surface area contributed by atoms with E-state index in [1.54, 1.807) is 0 Å². The third kappa shape index (κ3) is 9.11. The first-order chi connectivity index (χ1) is 16.4. The highest BCUT2D eigenvalue weighted by Crippen LogP contribution is 2.40. The van der Waals surface area contributed by atoms with Gasteiger partial charge in [0.25, 0.3) is 0 Å². The van der Waals surface area contributed by atoms with Crippen molar-refractivity contribution in [1.82, 2.24) is 0 Å². The number of ether oxygens (including phenoxy) is 2. The molecule has 0 unspecified atom stereocenters. The number of benzene rings is 2. The van der Waals surface area contributed by atoms with Crippen LogP contribution in [-0.4, -0.2) is 23.9 Å². The van der Waals surface area contributed by atoms with Crippen LogP contribution in [0.3, 0.4) is 0 Å². The van der Waals surface area contributed by atoms with Gasteiger partial charge < -0.3 is 9.47 Å². The molecule has 2 aromatic carbocycles. The fraction of sp³-hybridized carbons (Fsp3) is 0.613. The van der Waals surface area contributed by atoms with Gasteiger partial charge in [-0.1, -0.05) is 109 Å². The molecule has 0 bridgehead atoms. The number of hydrogen-bond acceptors (Lipinski definition) is 2. The largest absolute Gasteiger partial charge is 0.493 e. The van der Waals surface area contributed by atoms with E-state index >= 15 is 0 Å². The minimum Gasteiger partial charge on any atom is -0.493 e. The first-order valence-electron chi connectivity index (χ1n) is 13.0. The Labute approximate surface area is 231 Å². The van der Waals surface area contributed by atoms with Crippen molar-refractivity contribution in [3.05, 3.63) is 57.6 Å². The molecule has 0 atom stereocenters. The Morgan fingerprint density at radius 3 is 1.29 bits per heavy atom. The molecule has 35 heavy (non-hydrogen) atoms. The molecule has 196 valence electrons. The molecule has 0 amide bonds. The fourth-order valence-electron chi connectivity index (χ4n) is 4.36. The standard InChI is InChI=1S/C31H46Br2O2/c1-22-17-24(28(34-15-11-9-13-32)26(19-22)30(3,4)5)21-25-18-23(2)20-27(31(6,7)8)29(25)35-16-12-10-14-33/h17-20H,9-16,21H2,1-8H3. The summed E-state index contributed by atoms with van der Waals surface area (Å²) in [5.74, 6) is 2.11. The molecular weight excluding hydrogens is 564 g/mol. The van der Waals surface area contributed by atoms with Crippen molar-refractivity contribution in [3.8, 4) is 11.5 Å². The number of halogens is 2. The van der Waals surface area contributed by atoms with E-state index in [0.717, 1.165) is 67.5 Å². The maximum absolute atomic E-state index is 6.54. The summed E-state index contributed by atoms with van der Waals surface area (Å²) in [7, 11) is 0. The lowest BCUT2D eigenvalue weighted by Gasteiger charge is -2.28. The maximum Gasteiger partial charge on any atom is 0.126 e. The predicted octanol–water partition coefficient (Wildman–Crippen LogP) is 9.60. The van der Waals surface area contributed by atoms with Gasteiger partial charge in [0, 0.05) is 28.2 Å². The molecule has 0 saturated carbocycles. The Hall–Kier alpha value is -1.00. The van der Waals surface area contributed by atoms with E-state index in [2.05, 4.69) is 112 Å². The predicted molar refractivity (Wildman–Crippen MR) is 160 cm³/mol. The van der Waals surface area contributed by atoms with Crippen molar-refractivity contribution in [2.75, 3.05) is 23.9 Å². The molecule has 2 rings (SSSR count). The summed E-state index contributed by atoms with van der Waals surface area (Å²) in [5.41, 5.74) is 7.65. The zero-order valence-electron chi connectivity index (χ0n) is 23.2. The highest BCUT2D eigenvalue weighted by Gasteiger charge is 2.26. The molecule has 0 N–H and O–H groups in total. The SMILES string of the molecule is Cc1cc(Cc2cc(C)cc(C(C)(C)C)c2OCCCCBr)c(OCCCCBr)c(C(C)(C)C)c1. The van der Waals surface area contributed by atoms with Crippen molar-refractivity contribution in [3.63, 3.8) is 0 Å². The van der Waals surface area contributed by atoms with Gasteiger partial charge in [0.2, 0.25) is 0 Å². The van der Waals surface area contributed by atoms with Gasteiger partial charge in [-0.25, -0.2) is 0 Å². The first kappa shape index (κ1) is 30.2. The fourth-order valence-corrected chi connectivity index (χ4v) is 5.15. The normalized spacial score (nSPS) is 12.2. The topological polar surface area (TPSA) is 18.5 Å². The smallest absolute Gasteiger partial charge is 0.126 e. The molecule has 0 aliphatic rings. The molecule has 0 aliphatic heterocycles. The molecule has 2 nitrogen and oxygen atoms in total. The molecule has 0 aliphatic carbocycles. The van der Waals surface area contributed by atoms with Gasteiger partial charge in [-0.15, -0.1) is 0 Å². The lowest BCUT2D eigenvalue weighted by atomic mass is 9.81. The highest BCUT2D eigenvalue weighted by atomic mass is 79.9. The second kappa shape index (κ2) is 13.5. The third-order valence-electron chi connectivity index (χ3n) is 6.17. The van der Waals surface area contributed by atoms with E-state index in [-0.39, 0.29) is 10.8 Å². The average molecular weight is 611 g/mol. The van der Waals surface area contributed by atoms with Crippen LogP contribution in [0.5, 0.6) is 11.5 Å². The van der Waals surface area contributed by atoms with Gasteiger partial charge in [-0.2, -0.15) is 0 Å². The third-order valence-corrected chi connectivity index (χ3v) is 7.29. The minimum absolute atomic E-state index is 0.00368. The van der Waals surface area contributed by atoms with Crippen LogP contribution in [0.15, 0.2) is 24.3 Å². The second-order valence-corrected chi connectivity index (χ2v) is 13.4. The van der Waals surface area contributed by atoms with Crippen molar-refractivity contribution in [2.24, 2.45) is 0 Å². The van der Waals surface area contributed by atoms with Crippen LogP contribution in [0, 0.1) is 13.8 Å². The van der Waals surface area contributed by atoms with E-state index in [4.69, 9.17) is 9.47 Å². The van der Waals surface area contributed by atoms with E-state index < -0.39 is 0 Å². The minimum atomic E-state index is 0.00368. The lowest BCUT2D eigenvalue weighted by molar-refractivity contribution is 0.295. The van der Waals surface area contributed by atoms with Gasteiger partial charge >= 0.3 is 0 Å². The quantitative estimate of drug-likeness (QED) is 0.176. The van der Waals surface area contributed by atoms with Gasteiger partial charge in [0.05, 0.1) is 13.2 Å². The zero-order chi connectivity index (χ0) is 26.2. The summed E-state index contributed by atoms with van der Waals surface area (Å²) < 4.78 is 13.1. The van der Waals surface area contributed by atoms with Crippen molar-refractivity contribution in [1.29, 1.82) is 0 Å². The second-order valence-electron chi connectivity index (χ2n) is 11.8. The Morgan fingerprint density at radius 2 is 0.971 bits per heavy atom. The van der Waals surface area contributed by atoms with E-state index in [0.29, 0.717) is 0 Å². The van der Waals surface area contributed by atoms with Gasteiger partial charge in [-0.3, -0.25) is 0 Å². The zero-order valence-corrected chi connectivity index (χ0v) is 26.4. The van der Waals surface area contributed by atoms with Crippen LogP contribution >= 0.6 is 31.9 Å². The number of aryl methyl sites for hydroxylation is 2. The number of hydrogen-bond donors (Lipinski definition) is 0. The molecule has 0 spiro atoms. The van der Waals surface area contributed by atoms with Gasteiger partial charge in [0.1, 0.15) is 11.5 Å². The molecule has 2 aromatic rings. The Bertz CT molecular complexity index is 874. The molecule has 0 aromatic heterocycles. The summed E-state index contributed by atoms with van der Waals surface area (Å²) in [4.78, 5) is 0. The number of rotatable bonds is 12. The van der Waals surface area contributed by atoms with Crippen molar-refractivity contribution >= 4 is 31.9 Å². The average Bonchev–Trinajstić information content (AvgIpc) is 2.74. The van der Waals surface area contributed by atoms with Crippen LogP contribution in [0.25, 0.3) is 0 Å². The number of alkyl halides is 2. The first-order valence-corrected chi connectivity index (χ1v) is 15.3. The monoisotopic (exact) mass is 608 g/mol. The summed E-state index contributed by atoms with van der Waals surface area (Å²) >= 11 is 7.09. The lowest BCUT2D eigenvalue weighted by Crippen LogP contribution is -2.17. The summed E-state index contributed by atoms with van der Waals surface area (Å²) in [6, 6.07) is 9.22. The van der Waals surface area contributed by atoms with Crippen molar-refractivity contribution in [2.45, 2.75) is 98.3 Å². The van der Waals surface area contributed by atoms with Crippen LogP contribution in [0.1, 0.15) is 101 Å². The van der Waals surface area contributed by atoms with Crippen molar-refractivity contribution < 1.29 is 9.47 Å². The van der Waals surface area contributed by atoms with Crippen LogP contribution in [-0.2, 0) is 17.3 Å². The molecular formula is C31H46Br2O2. The highest BCUT2D eigenvalue weighted by molar-refractivity contribution is 9.09. The van der Waals surface area contributed by atoms with Gasteiger partial charge in [-0.05, 0) is 61.5 Å². The van der Waals surface area contributed by atoms with Crippen LogP contribution in [0.4, 0.5) is 0 Å². The molecule has 4 heteroatoms. The summed E-state index contributed by atoms with van der Waals surface area (Å²) in [6.07, 6.45) is 5.12. The van der Waals surface area contributed by atoms with Crippen LogP contribution < -0.4 is 9.47 Å². The van der Waals surface area contributed by atoms with E-state index in [1.807, 2.05) is 0 Å². The van der Waals surface area contributed by atoms with Crippen LogP contribution in [0.2, 0.25) is 0 Å². The van der Waals surface area contributed by atoms with Gasteiger partial charge in [0.15, 0.2) is 0 Å². The number of unbranched alkanes of at least 4 members (excludes halogenated alkanes) is 2.